The molecule has 0 radical (unpaired) electrons. The van der Waals surface area contributed by atoms with Crippen LogP contribution < -0.4 is 5.32 Å². The zero-order valence-corrected chi connectivity index (χ0v) is 36.6. The van der Waals surface area contributed by atoms with Crippen molar-refractivity contribution < 1.29 is 4.42 Å². The normalized spacial score (nSPS) is 13.9. The number of fused-ring (bicyclic) bond motifs is 13. The predicted molar refractivity (Wildman–Crippen MR) is 282 cm³/mol. The summed E-state index contributed by atoms with van der Waals surface area (Å²) in [4.78, 5) is 5.61. The number of nitrogens with one attached hydrogen (secondary N) is 1. The minimum atomic E-state index is -0.495. The lowest BCUT2D eigenvalue weighted by molar-refractivity contribution is 0.577. The van der Waals surface area contributed by atoms with E-state index in [9.17, 15) is 0 Å². The van der Waals surface area contributed by atoms with Crippen molar-refractivity contribution in [3.63, 3.8) is 0 Å². The van der Waals surface area contributed by atoms with Crippen molar-refractivity contribution >= 4 is 98.6 Å². The Bertz CT molecular complexity index is 4400. The molecule has 1 atom stereocenters. The second kappa shape index (κ2) is 14.2. The Balaban J connectivity index is 1.02. The van der Waals surface area contributed by atoms with E-state index in [1.165, 1.54) is 48.9 Å². The molecular formula is C62H39N5O. The number of anilines is 1. The van der Waals surface area contributed by atoms with Gasteiger partial charge in [-0.15, -0.1) is 0 Å². The van der Waals surface area contributed by atoms with Gasteiger partial charge in [0.25, 0.3) is 0 Å². The summed E-state index contributed by atoms with van der Waals surface area (Å²) in [5.74, 6) is 0.751. The molecule has 0 fully saturated rings. The molecule has 10 aromatic carbocycles. The summed E-state index contributed by atoms with van der Waals surface area (Å²) < 4.78 is 13.8. The lowest BCUT2D eigenvalue weighted by Crippen LogP contribution is -2.24. The molecule has 15 rings (SSSR count). The van der Waals surface area contributed by atoms with E-state index in [1.54, 1.807) is 0 Å². The Hall–Kier alpha value is -9.13. The second-order valence-corrected chi connectivity index (χ2v) is 18.0. The molecule has 0 saturated heterocycles. The molecule has 6 heteroatoms. The lowest BCUT2D eigenvalue weighted by atomic mass is 10.00. The van der Waals surface area contributed by atoms with Crippen molar-refractivity contribution in [1.29, 1.82) is 0 Å². The molecule has 14 aromatic rings. The molecule has 4 aromatic heterocycles. The molecule has 0 amide bonds. The zero-order valence-electron chi connectivity index (χ0n) is 36.6. The molecule has 318 valence electrons. The molecule has 5 heterocycles. The Morgan fingerprint density at radius 3 is 1.63 bits per heavy atom. The number of hydrogen-bond donors (Lipinski definition) is 1. The highest BCUT2D eigenvalue weighted by atomic mass is 16.3. The molecule has 1 unspecified atom stereocenters. The number of benzene rings is 10. The van der Waals surface area contributed by atoms with Gasteiger partial charge in [-0.1, -0.05) is 133 Å². The van der Waals surface area contributed by atoms with Gasteiger partial charge in [0.05, 0.1) is 38.8 Å². The Morgan fingerprint density at radius 1 is 0.368 bits per heavy atom. The van der Waals surface area contributed by atoms with Crippen LogP contribution in [0.25, 0.3) is 110 Å². The van der Waals surface area contributed by atoms with Gasteiger partial charge in [-0.3, -0.25) is 0 Å². The second-order valence-electron chi connectivity index (χ2n) is 18.0. The summed E-state index contributed by atoms with van der Waals surface area (Å²) in [7, 11) is 0. The summed E-state index contributed by atoms with van der Waals surface area (Å²) in [6.45, 7) is 0. The molecule has 6 nitrogen and oxygen atoms in total. The molecule has 0 spiro atoms. The summed E-state index contributed by atoms with van der Waals surface area (Å²) in [5, 5.41) is 14.5. The Morgan fingerprint density at radius 2 is 0.882 bits per heavy atom. The van der Waals surface area contributed by atoms with Crippen molar-refractivity contribution in [3.8, 4) is 22.5 Å². The van der Waals surface area contributed by atoms with E-state index in [1.807, 2.05) is 18.2 Å². The van der Waals surface area contributed by atoms with Crippen molar-refractivity contribution in [2.75, 3.05) is 5.32 Å². The van der Waals surface area contributed by atoms with E-state index in [-0.39, 0.29) is 0 Å². The first-order valence-corrected chi connectivity index (χ1v) is 23.2. The van der Waals surface area contributed by atoms with E-state index in [2.05, 4.69) is 225 Å². The van der Waals surface area contributed by atoms with Crippen molar-refractivity contribution in [2.45, 2.75) is 6.29 Å². The molecule has 0 aliphatic carbocycles. The monoisotopic (exact) mass is 869 g/mol. The van der Waals surface area contributed by atoms with Gasteiger partial charge in [0.2, 0.25) is 6.29 Å². The standard InChI is InChI=1S/C62H39N5O/c1-4-16-38(17-5-1)59-61-60(46-25-13-15-27-58(46)68-61)64-62(63-59)67-54-31-29-42(41-28-30-53-47(33-41)45-24-12-14-26-52(45)65(53)43-20-6-2-7-21-43)34-48(54)50-36-56-51(37-57(50)67)49-32-39-18-10-11-19-40(39)35-55(49)66(56)44-22-8-3-9-23-44/h1-37,62,64H. The predicted octanol–water partition coefficient (Wildman–Crippen LogP) is 16.0. The van der Waals surface area contributed by atoms with Crippen LogP contribution >= 0.6 is 0 Å². The maximum Gasteiger partial charge on any atom is 0.201 e. The van der Waals surface area contributed by atoms with Crippen LogP contribution in [0.2, 0.25) is 0 Å². The fourth-order valence-electron chi connectivity index (χ4n) is 11.2. The van der Waals surface area contributed by atoms with Crippen LogP contribution in [0.4, 0.5) is 5.69 Å². The van der Waals surface area contributed by atoms with Crippen LogP contribution in [0.5, 0.6) is 0 Å². The third kappa shape index (κ3) is 5.37. The summed E-state index contributed by atoms with van der Waals surface area (Å²) in [6.07, 6.45) is -0.495. The van der Waals surface area contributed by atoms with Crippen molar-refractivity contribution in [3.05, 3.63) is 236 Å². The molecule has 68 heavy (non-hydrogen) atoms. The van der Waals surface area contributed by atoms with Crippen LogP contribution in [0.1, 0.15) is 17.6 Å². The van der Waals surface area contributed by atoms with Crippen LogP contribution in [-0.4, -0.2) is 19.4 Å². The maximum absolute atomic E-state index is 6.63. The lowest BCUT2D eigenvalue weighted by Gasteiger charge is -2.25. The first-order chi connectivity index (χ1) is 33.7. The highest BCUT2D eigenvalue weighted by Gasteiger charge is 2.31. The third-order valence-corrected chi connectivity index (χ3v) is 14.2. The van der Waals surface area contributed by atoms with Crippen LogP contribution in [0, 0.1) is 0 Å². The number of aromatic nitrogens is 3. The number of rotatable bonds is 5. The smallest absolute Gasteiger partial charge is 0.201 e. The van der Waals surface area contributed by atoms with E-state index in [0.29, 0.717) is 0 Å². The van der Waals surface area contributed by atoms with Gasteiger partial charge < -0.3 is 23.4 Å². The van der Waals surface area contributed by atoms with Gasteiger partial charge in [-0.25, -0.2) is 4.99 Å². The van der Waals surface area contributed by atoms with E-state index in [0.717, 1.165) is 83.5 Å². The molecule has 1 aliphatic heterocycles. The number of hydrogen-bond acceptors (Lipinski definition) is 3. The van der Waals surface area contributed by atoms with E-state index < -0.39 is 6.29 Å². The average molecular weight is 870 g/mol. The maximum atomic E-state index is 6.63. The minimum Gasteiger partial charge on any atom is -0.452 e. The van der Waals surface area contributed by atoms with Gasteiger partial charge >= 0.3 is 0 Å². The fraction of sp³-hybridized carbons (Fsp3) is 0.0161. The molecular weight excluding hydrogens is 831 g/mol. The molecule has 1 aliphatic rings. The quantitative estimate of drug-likeness (QED) is 0.187. The Labute approximate surface area is 389 Å². The molecule has 0 bridgehead atoms. The van der Waals surface area contributed by atoms with Gasteiger partial charge in [-0.05, 0) is 113 Å². The first kappa shape index (κ1) is 37.1. The van der Waals surface area contributed by atoms with Crippen LogP contribution in [-0.2, 0) is 0 Å². The third-order valence-electron chi connectivity index (χ3n) is 14.2. The van der Waals surface area contributed by atoms with Crippen LogP contribution in [0.15, 0.2) is 234 Å². The summed E-state index contributed by atoms with van der Waals surface area (Å²) in [5.41, 5.74) is 15.1. The molecule has 0 saturated carbocycles. The Kier molecular flexibility index (Phi) is 7.74. The van der Waals surface area contributed by atoms with E-state index in [4.69, 9.17) is 9.41 Å². The fourth-order valence-corrected chi connectivity index (χ4v) is 11.2. The van der Waals surface area contributed by atoms with E-state index >= 15 is 0 Å². The number of aliphatic imine (C=N–C) groups is 1. The highest BCUT2D eigenvalue weighted by molar-refractivity contribution is 6.22. The SMILES string of the molecule is c1ccc(C2=NC(n3c4ccc(-c5ccc6c(c5)c5ccccc5n6-c5ccccc5)cc4c4cc5c(cc43)c3cc4ccccc4cc3n5-c3ccccc3)Nc3c2oc2ccccc32)cc1. The van der Waals surface area contributed by atoms with Crippen molar-refractivity contribution in [2.24, 2.45) is 4.99 Å². The van der Waals surface area contributed by atoms with Gasteiger partial charge in [0.1, 0.15) is 11.3 Å². The number of nitrogens with zero attached hydrogens (tertiary/aromatic N) is 4. The first-order valence-electron chi connectivity index (χ1n) is 23.2. The molecule has 1 N–H and O–H groups in total. The average Bonchev–Trinajstić information content (AvgIpc) is 4.13. The highest BCUT2D eigenvalue weighted by Crippen LogP contribution is 2.45. The van der Waals surface area contributed by atoms with Gasteiger partial charge in [0.15, 0.2) is 5.76 Å². The number of para-hydroxylation sites is 4. The largest absolute Gasteiger partial charge is 0.452 e. The van der Waals surface area contributed by atoms with Crippen LogP contribution in [0.3, 0.4) is 0 Å². The summed E-state index contributed by atoms with van der Waals surface area (Å²) >= 11 is 0. The zero-order chi connectivity index (χ0) is 44.5. The van der Waals surface area contributed by atoms with Gasteiger partial charge in [0, 0.05) is 54.6 Å². The summed E-state index contributed by atoms with van der Waals surface area (Å²) in [6, 6.07) is 81.0. The topological polar surface area (TPSA) is 52.3 Å². The number of furan rings is 1. The minimum absolute atomic E-state index is 0.495. The van der Waals surface area contributed by atoms with Crippen molar-refractivity contribution in [1.82, 2.24) is 13.7 Å². The van der Waals surface area contributed by atoms with Gasteiger partial charge in [-0.2, -0.15) is 0 Å².